The lowest BCUT2D eigenvalue weighted by atomic mass is 10.2. The van der Waals surface area contributed by atoms with E-state index in [1.54, 1.807) is 16.2 Å². The van der Waals surface area contributed by atoms with Gasteiger partial charge in [-0.1, -0.05) is 0 Å². The van der Waals surface area contributed by atoms with Crippen LogP contribution in [0.25, 0.3) is 10.6 Å². The zero-order chi connectivity index (χ0) is 21.3. The monoisotopic (exact) mass is 469 g/mol. The minimum Gasteiger partial charge on any atom is -0.340 e. The van der Waals surface area contributed by atoms with Gasteiger partial charge in [-0.15, -0.1) is 11.3 Å². The summed E-state index contributed by atoms with van der Waals surface area (Å²) in [6, 6.07) is 4.30. The van der Waals surface area contributed by atoms with Gasteiger partial charge in [0.25, 0.3) is 0 Å². The Hall–Kier alpha value is -2.21. The van der Waals surface area contributed by atoms with E-state index in [1.165, 1.54) is 11.3 Å². The summed E-state index contributed by atoms with van der Waals surface area (Å²) in [6.45, 7) is 0.384. The summed E-state index contributed by atoms with van der Waals surface area (Å²) in [5.74, 6) is -1.97. The average Bonchev–Trinajstić information content (AvgIpc) is 3.41. The minimum absolute atomic E-state index is 0.0151. The zero-order valence-corrected chi connectivity index (χ0v) is 18.1. The lowest BCUT2D eigenvalue weighted by Crippen LogP contribution is -2.51. The van der Waals surface area contributed by atoms with Gasteiger partial charge in [0.2, 0.25) is 15.9 Å². The first kappa shape index (κ1) is 21.0. The Morgan fingerprint density at radius 2 is 1.87 bits per heavy atom. The third-order valence-electron chi connectivity index (χ3n) is 4.75. The molecule has 0 saturated carbocycles. The van der Waals surface area contributed by atoms with Gasteiger partial charge in [0.15, 0.2) is 0 Å². The van der Waals surface area contributed by atoms with Gasteiger partial charge in [-0.3, -0.25) is 4.79 Å². The molecule has 158 valence electrons. The second-order valence-electron chi connectivity index (χ2n) is 6.69. The number of thiazole rings is 1. The van der Waals surface area contributed by atoms with E-state index in [9.17, 15) is 22.0 Å². The molecule has 0 unspecified atom stereocenters. The van der Waals surface area contributed by atoms with E-state index in [-0.39, 0.29) is 38.5 Å². The van der Waals surface area contributed by atoms with Gasteiger partial charge in [-0.25, -0.2) is 22.2 Å². The first-order valence-corrected chi connectivity index (χ1v) is 12.3. The summed E-state index contributed by atoms with van der Waals surface area (Å²) in [4.78, 5) is 18.0. The SMILES string of the molecule is O=C(Cc1csc(-c2ccsc2)n1)N1CCN(S(=O)(=O)c2cc(F)ccc2F)CC1. The molecule has 0 radical (unpaired) electrons. The predicted octanol–water partition coefficient (Wildman–Crippen LogP) is 3.23. The van der Waals surface area contributed by atoms with Crippen LogP contribution in [-0.2, 0) is 21.2 Å². The summed E-state index contributed by atoms with van der Waals surface area (Å²) in [7, 11) is -4.17. The lowest BCUT2D eigenvalue weighted by Gasteiger charge is -2.34. The second-order valence-corrected chi connectivity index (χ2v) is 10.2. The second kappa shape index (κ2) is 8.50. The zero-order valence-electron chi connectivity index (χ0n) is 15.6. The van der Waals surface area contributed by atoms with E-state index in [0.717, 1.165) is 27.0 Å². The molecule has 1 amide bonds. The number of carbonyl (C=O) groups excluding carboxylic acids is 1. The first-order valence-electron chi connectivity index (χ1n) is 9.04. The third kappa shape index (κ3) is 4.29. The largest absolute Gasteiger partial charge is 0.340 e. The molecule has 1 aromatic carbocycles. The summed E-state index contributed by atoms with van der Waals surface area (Å²) in [5, 5.41) is 6.65. The number of hydrogen-bond acceptors (Lipinski definition) is 6. The van der Waals surface area contributed by atoms with Crippen molar-refractivity contribution in [3.63, 3.8) is 0 Å². The highest BCUT2D eigenvalue weighted by Gasteiger charge is 2.32. The number of aromatic nitrogens is 1. The van der Waals surface area contributed by atoms with E-state index in [0.29, 0.717) is 11.8 Å². The van der Waals surface area contributed by atoms with Crippen LogP contribution in [0.4, 0.5) is 8.78 Å². The van der Waals surface area contributed by atoms with Gasteiger partial charge in [0, 0.05) is 42.5 Å². The van der Waals surface area contributed by atoms with Crippen molar-refractivity contribution < 1.29 is 22.0 Å². The molecule has 0 atom stereocenters. The molecule has 6 nitrogen and oxygen atoms in total. The highest BCUT2D eigenvalue weighted by molar-refractivity contribution is 7.89. The molecule has 2 aromatic heterocycles. The number of amides is 1. The van der Waals surface area contributed by atoms with Gasteiger partial charge < -0.3 is 4.90 Å². The average molecular weight is 470 g/mol. The number of sulfonamides is 1. The maximum absolute atomic E-state index is 13.9. The van der Waals surface area contributed by atoms with E-state index in [4.69, 9.17) is 0 Å². The quantitative estimate of drug-likeness (QED) is 0.575. The Bertz CT molecular complexity index is 1150. The van der Waals surface area contributed by atoms with Crippen molar-refractivity contribution in [1.29, 1.82) is 0 Å². The van der Waals surface area contributed by atoms with Crippen molar-refractivity contribution in [2.75, 3.05) is 26.2 Å². The number of thiophene rings is 1. The molecule has 1 saturated heterocycles. The number of halogens is 2. The summed E-state index contributed by atoms with van der Waals surface area (Å²) >= 11 is 3.05. The fourth-order valence-electron chi connectivity index (χ4n) is 3.17. The van der Waals surface area contributed by atoms with E-state index in [2.05, 4.69) is 4.98 Å². The maximum Gasteiger partial charge on any atom is 0.246 e. The van der Waals surface area contributed by atoms with Crippen LogP contribution in [0.5, 0.6) is 0 Å². The molecule has 0 spiro atoms. The number of carbonyl (C=O) groups is 1. The van der Waals surface area contributed by atoms with Crippen LogP contribution in [0.3, 0.4) is 0 Å². The fraction of sp³-hybridized carbons (Fsp3) is 0.263. The molecule has 1 fully saturated rings. The molecule has 3 heterocycles. The van der Waals surface area contributed by atoms with Crippen LogP contribution in [0.15, 0.2) is 45.3 Å². The summed E-state index contributed by atoms with van der Waals surface area (Å²) in [5.41, 5.74) is 1.69. The fourth-order valence-corrected chi connectivity index (χ4v) is 6.20. The van der Waals surface area contributed by atoms with Gasteiger partial charge >= 0.3 is 0 Å². The topological polar surface area (TPSA) is 70.6 Å². The molecule has 0 N–H and O–H groups in total. The van der Waals surface area contributed by atoms with Crippen LogP contribution in [0.1, 0.15) is 5.69 Å². The molecule has 1 aliphatic rings. The molecule has 11 heteroatoms. The van der Waals surface area contributed by atoms with Crippen LogP contribution in [0, 0.1) is 11.6 Å². The van der Waals surface area contributed by atoms with Crippen LogP contribution in [-0.4, -0.2) is 54.7 Å². The molecule has 0 aliphatic carbocycles. The summed E-state index contributed by atoms with van der Waals surface area (Å²) < 4.78 is 53.7. The van der Waals surface area contributed by atoms with Crippen LogP contribution in [0.2, 0.25) is 0 Å². The number of nitrogens with zero attached hydrogens (tertiary/aromatic N) is 3. The Balaban J connectivity index is 1.38. The van der Waals surface area contributed by atoms with Crippen molar-refractivity contribution in [2.24, 2.45) is 0 Å². The van der Waals surface area contributed by atoms with Crippen molar-refractivity contribution >= 4 is 38.6 Å². The highest BCUT2D eigenvalue weighted by atomic mass is 32.2. The molecular formula is C19H17F2N3O3S3. The smallest absolute Gasteiger partial charge is 0.246 e. The Morgan fingerprint density at radius 1 is 1.10 bits per heavy atom. The number of rotatable bonds is 5. The molecule has 3 aromatic rings. The molecular weight excluding hydrogens is 452 g/mol. The van der Waals surface area contributed by atoms with Crippen LogP contribution < -0.4 is 0 Å². The van der Waals surface area contributed by atoms with Gasteiger partial charge in [-0.2, -0.15) is 15.6 Å². The number of benzene rings is 1. The Kier molecular flexibility index (Phi) is 5.96. The third-order valence-corrected chi connectivity index (χ3v) is 8.29. The lowest BCUT2D eigenvalue weighted by molar-refractivity contribution is -0.131. The van der Waals surface area contributed by atoms with Crippen molar-refractivity contribution in [3.05, 3.63) is 57.7 Å². The maximum atomic E-state index is 13.9. The molecule has 4 rings (SSSR count). The number of piperazine rings is 1. The van der Waals surface area contributed by atoms with Crippen molar-refractivity contribution in [1.82, 2.24) is 14.2 Å². The molecule has 30 heavy (non-hydrogen) atoms. The van der Waals surface area contributed by atoms with Crippen molar-refractivity contribution in [2.45, 2.75) is 11.3 Å². The minimum atomic E-state index is -4.17. The van der Waals surface area contributed by atoms with Gasteiger partial charge in [0.05, 0.1) is 12.1 Å². The van der Waals surface area contributed by atoms with E-state index < -0.39 is 26.6 Å². The first-order chi connectivity index (χ1) is 14.3. The number of hydrogen-bond donors (Lipinski definition) is 0. The Labute approximate surface area is 180 Å². The highest BCUT2D eigenvalue weighted by Crippen LogP contribution is 2.26. The van der Waals surface area contributed by atoms with Gasteiger partial charge in [0.1, 0.15) is 21.5 Å². The molecule has 0 bridgehead atoms. The predicted molar refractivity (Wildman–Crippen MR) is 111 cm³/mol. The Morgan fingerprint density at radius 3 is 2.57 bits per heavy atom. The van der Waals surface area contributed by atoms with Crippen LogP contribution >= 0.6 is 22.7 Å². The van der Waals surface area contributed by atoms with E-state index in [1.807, 2.05) is 22.2 Å². The standard InChI is InChI=1S/C19H17F2N3O3S3/c20-14-1-2-16(21)17(9-14)30(26,27)24-6-4-23(5-7-24)18(25)10-15-12-29-19(22-15)13-3-8-28-11-13/h1-3,8-9,11-12H,4-7,10H2. The normalized spacial score (nSPS) is 15.5. The van der Waals surface area contributed by atoms with E-state index >= 15 is 0 Å². The van der Waals surface area contributed by atoms with Gasteiger partial charge in [-0.05, 0) is 29.6 Å². The van der Waals surface area contributed by atoms with Crippen molar-refractivity contribution in [3.8, 4) is 10.6 Å². The summed E-state index contributed by atoms with van der Waals surface area (Å²) in [6.07, 6.45) is 0.131. The molecule has 1 aliphatic heterocycles.